The number of ether oxygens (including phenoxy) is 3. The molecule has 0 aromatic carbocycles. The summed E-state index contributed by atoms with van der Waals surface area (Å²) in [4.78, 5) is 0. The van der Waals surface area contributed by atoms with Crippen molar-refractivity contribution >= 4 is 6.01 Å². The molecule has 8 nitrogen and oxygen atoms in total. The number of aromatic nitrogens is 2. The van der Waals surface area contributed by atoms with Crippen LogP contribution in [0.4, 0.5) is 6.01 Å². The fraction of sp³-hybridized carbons (Fsp3) is 0.818. The Hall–Kier alpha value is -1.22. The predicted molar refractivity (Wildman–Crippen MR) is 69.0 cm³/mol. The van der Waals surface area contributed by atoms with Gasteiger partial charge in [-0.3, -0.25) is 0 Å². The molecule has 0 radical (unpaired) electrons. The van der Waals surface area contributed by atoms with E-state index in [2.05, 4.69) is 20.8 Å². The van der Waals surface area contributed by atoms with E-state index in [1.807, 2.05) is 0 Å². The standard InChI is InChI=1S/C11H22N4O4/c1-16-5-4-12-7-10-14-15-11(19-10)13-6-9(18-3)8-17-2/h9,12H,4-8H2,1-3H3,(H,13,15). The summed E-state index contributed by atoms with van der Waals surface area (Å²) in [6, 6.07) is 0.377. The zero-order chi connectivity index (χ0) is 13.9. The van der Waals surface area contributed by atoms with Gasteiger partial charge < -0.3 is 29.3 Å². The molecule has 0 saturated heterocycles. The summed E-state index contributed by atoms with van der Waals surface area (Å²) in [6.07, 6.45) is -0.0554. The van der Waals surface area contributed by atoms with Gasteiger partial charge in [-0.1, -0.05) is 5.10 Å². The van der Waals surface area contributed by atoms with Crippen molar-refractivity contribution in [3.8, 4) is 0 Å². The molecule has 0 aliphatic rings. The Morgan fingerprint density at radius 1 is 1.21 bits per heavy atom. The molecule has 1 aromatic heterocycles. The van der Waals surface area contributed by atoms with E-state index in [-0.39, 0.29) is 6.10 Å². The van der Waals surface area contributed by atoms with Gasteiger partial charge >= 0.3 is 6.01 Å². The molecule has 2 N–H and O–H groups in total. The summed E-state index contributed by atoms with van der Waals surface area (Å²) in [5.74, 6) is 0.527. The van der Waals surface area contributed by atoms with Crippen molar-refractivity contribution in [2.75, 3.05) is 52.9 Å². The second-order valence-corrected chi connectivity index (χ2v) is 3.86. The molecule has 0 aliphatic carbocycles. The summed E-state index contributed by atoms with van der Waals surface area (Å²) in [6.45, 7) is 2.95. The molecular formula is C11H22N4O4. The molecule has 1 rings (SSSR count). The Kier molecular flexibility index (Phi) is 8.07. The molecule has 110 valence electrons. The first-order valence-corrected chi connectivity index (χ1v) is 6.07. The molecule has 1 unspecified atom stereocenters. The number of hydrogen-bond acceptors (Lipinski definition) is 8. The van der Waals surface area contributed by atoms with Gasteiger partial charge in [0.1, 0.15) is 0 Å². The number of nitrogens with zero attached hydrogens (tertiary/aromatic N) is 2. The van der Waals surface area contributed by atoms with Crippen LogP contribution in [0.1, 0.15) is 5.89 Å². The fourth-order valence-corrected chi connectivity index (χ4v) is 1.36. The van der Waals surface area contributed by atoms with E-state index in [1.54, 1.807) is 21.3 Å². The van der Waals surface area contributed by atoms with Gasteiger partial charge in [0.05, 0.1) is 25.9 Å². The van der Waals surface area contributed by atoms with Crippen LogP contribution in [0, 0.1) is 0 Å². The SMILES string of the molecule is COCCNCc1nnc(NCC(COC)OC)o1. The first kappa shape index (κ1) is 15.8. The van der Waals surface area contributed by atoms with Crippen LogP contribution < -0.4 is 10.6 Å². The molecule has 0 fully saturated rings. The quantitative estimate of drug-likeness (QED) is 0.540. The minimum absolute atomic E-state index is 0.0554. The summed E-state index contributed by atoms with van der Waals surface area (Å²) >= 11 is 0. The van der Waals surface area contributed by atoms with Gasteiger partial charge in [0, 0.05) is 34.4 Å². The van der Waals surface area contributed by atoms with Crippen LogP contribution in [-0.4, -0.2) is 63.9 Å². The van der Waals surface area contributed by atoms with Crippen molar-refractivity contribution in [3.63, 3.8) is 0 Å². The molecule has 0 spiro atoms. The largest absolute Gasteiger partial charge is 0.407 e. The van der Waals surface area contributed by atoms with Crippen LogP contribution in [-0.2, 0) is 20.8 Å². The van der Waals surface area contributed by atoms with Crippen molar-refractivity contribution in [1.29, 1.82) is 0 Å². The van der Waals surface area contributed by atoms with Crippen LogP contribution in [0.15, 0.2) is 4.42 Å². The van der Waals surface area contributed by atoms with Gasteiger partial charge in [0.2, 0.25) is 5.89 Å². The van der Waals surface area contributed by atoms with E-state index in [0.29, 0.717) is 38.2 Å². The smallest absolute Gasteiger partial charge is 0.315 e. The lowest BCUT2D eigenvalue weighted by Crippen LogP contribution is -2.26. The van der Waals surface area contributed by atoms with Crippen molar-refractivity contribution in [3.05, 3.63) is 5.89 Å². The lowest BCUT2D eigenvalue weighted by Gasteiger charge is -2.13. The van der Waals surface area contributed by atoms with Crippen molar-refractivity contribution in [2.45, 2.75) is 12.6 Å². The Labute approximate surface area is 112 Å². The van der Waals surface area contributed by atoms with Crippen molar-refractivity contribution < 1.29 is 18.6 Å². The molecule has 0 bridgehead atoms. The van der Waals surface area contributed by atoms with Crippen molar-refractivity contribution in [2.24, 2.45) is 0 Å². The average molecular weight is 274 g/mol. The second-order valence-electron chi connectivity index (χ2n) is 3.86. The molecule has 19 heavy (non-hydrogen) atoms. The van der Waals surface area contributed by atoms with E-state index in [1.165, 1.54) is 0 Å². The van der Waals surface area contributed by atoms with E-state index in [0.717, 1.165) is 6.54 Å². The Balaban J connectivity index is 2.25. The first-order chi connectivity index (χ1) is 9.30. The zero-order valence-electron chi connectivity index (χ0n) is 11.6. The van der Waals surface area contributed by atoms with Crippen LogP contribution >= 0.6 is 0 Å². The molecular weight excluding hydrogens is 252 g/mol. The highest BCUT2D eigenvalue weighted by molar-refractivity contribution is 5.17. The summed E-state index contributed by atoms with van der Waals surface area (Å²) in [5.41, 5.74) is 0. The van der Waals surface area contributed by atoms with Gasteiger partial charge in [-0.15, -0.1) is 5.10 Å². The molecule has 0 saturated carbocycles. The second kappa shape index (κ2) is 9.68. The minimum Gasteiger partial charge on any atom is -0.407 e. The maximum Gasteiger partial charge on any atom is 0.315 e. The topological polar surface area (TPSA) is 90.7 Å². The Bertz CT molecular complexity index is 334. The number of methoxy groups -OCH3 is 3. The van der Waals surface area contributed by atoms with Gasteiger partial charge in [0.15, 0.2) is 0 Å². The van der Waals surface area contributed by atoms with Gasteiger partial charge in [-0.2, -0.15) is 0 Å². The number of rotatable bonds is 11. The fourth-order valence-electron chi connectivity index (χ4n) is 1.36. The molecule has 1 atom stereocenters. The molecule has 1 aromatic rings. The van der Waals surface area contributed by atoms with Crippen LogP contribution in [0.3, 0.4) is 0 Å². The predicted octanol–water partition coefficient (Wildman–Crippen LogP) is -0.121. The van der Waals surface area contributed by atoms with E-state index in [4.69, 9.17) is 18.6 Å². The van der Waals surface area contributed by atoms with E-state index < -0.39 is 0 Å². The van der Waals surface area contributed by atoms with E-state index in [9.17, 15) is 0 Å². The van der Waals surface area contributed by atoms with Crippen LogP contribution in [0.2, 0.25) is 0 Å². The molecule has 0 amide bonds. The minimum atomic E-state index is -0.0554. The zero-order valence-corrected chi connectivity index (χ0v) is 11.6. The maximum atomic E-state index is 5.40. The third-order valence-electron chi connectivity index (χ3n) is 2.39. The monoisotopic (exact) mass is 274 g/mol. The Morgan fingerprint density at radius 3 is 2.74 bits per heavy atom. The number of hydrogen-bond donors (Lipinski definition) is 2. The molecule has 1 heterocycles. The number of anilines is 1. The third kappa shape index (κ3) is 6.48. The highest BCUT2D eigenvalue weighted by Gasteiger charge is 2.10. The highest BCUT2D eigenvalue weighted by Crippen LogP contribution is 2.05. The maximum absolute atomic E-state index is 5.40. The Morgan fingerprint density at radius 2 is 2.05 bits per heavy atom. The lowest BCUT2D eigenvalue weighted by molar-refractivity contribution is 0.0363. The number of nitrogens with one attached hydrogen (secondary N) is 2. The van der Waals surface area contributed by atoms with E-state index >= 15 is 0 Å². The summed E-state index contributed by atoms with van der Waals surface area (Å²) < 4.78 is 20.5. The van der Waals surface area contributed by atoms with Gasteiger partial charge in [-0.05, 0) is 0 Å². The van der Waals surface area contributed by atoms with Crippen molar-refractivity contribution in [1.82, 2.24) is 15.5 Å². The first-order valence-electron chi connectivity index (χ1n) is 6.07. The molecule has 0 aliphatic heterocycles. The average Bonchev–Trinajstić information content (AvgIpc) is 2.87. The third-order valence-corrected chi connectivity index (χ3v) is 2.39. The van der Waals surface area contributed by atoms with Gasteiger partial charge in [0.25, 0.3) is 0 Å². The van der Waals surface area contributed by atoms with Crippen LogP contribution in [0.25, 0.3) is 0 Å². The summed E-state index contributed by atoms with van der Waals surface area (Å²) in [5, 5.41) is 13.9. The molecule has 8 heteroatoms. The summed E-state index contributed by atoms with van der Waals surface area (Å²) in [7, 11) is 4.91. The lowest BCUT2D eigenvalue weighted by atomic mass is 10.4. The van der Waals surface area contributed by atoms with Crippen LogP contribution in [0.5, 0.6) is 0 Å². The highest BCUT2D eigenvalue weighted by atomic mass is 16.5. The normalized spacial score (nSPS) is 12.6. The van der Waals surface area contributed by atoms with Gasteiger partial charge in [-0.25, -0.2) is 0 Å².